The predicted octanol–water partition coefficient (Wildman–Crippen LogP) is 1.81. The lowest BCUT2D eigenvalue weighted by Crippen LogP contribution is -2.36. The molecule has 0 saturated carbocycles. The molecule has 0 bridgehead atoms. The Hall–Kier alpha value is -1.70. The van der Waals surface area contributed by atoms with Gasteiger partial charge in [-0.15, -0.1) is 0 Å². The maximum absolute atomic E-state index is 11.1. The molecule has 1 aromatic heterocycles. The highest BCUT2D eigenvalue weighted by Crippen LogP contribution is 2.38. The summed E-state index contributed by atoms with van der Waals surface area (Å²) >= 11 is 3.20. The zero-order valence-electron chi connectivity index (χ0n) is 9.24. The van der Waals surface area contributed by atoms with E-state index in [1.165, 1.54) is 6.20 Å². The monoisotopic (exact) mass is 315 g/mol. The van der Waals surface area contributed by atoms with Crippen molar-refractivity contribution in [1.82, 2.24) is 4.98 Å². The van der Waals surface area contributed by atoms with Gasteiger partial charge in [-0.2, -0.15) is 0 Å². The van der Waals surface area contributed by atoms with Crippen molar-refractivity contribution in [3.05, 3.63) is 27.0 Å². The van der Waals surface area contributed by atoms with Crippen molar-refractivity contribution >= 4 is 33.3 Å². The molecule has 18 heavy (non-hydrogen) atoms. The summed E-state index contributed by atoms with van der Waals surface area (Å²) in [4.78, 5) is 26.9. The van der Waals surface area contributed by atoms with Gasteiger partial charge in [0.05, 0.1) is 9.40 Å². The Morgan fingerprint density at radius 1 is 1.61 bits per heavy atom. The second-order valence-corrected chi connectivity index (χ2v) is 4.79. The molecule has 1 aromatic rings. The molecular weight excluding hydrogens is 306 g/mol. The number of pyridine rings is 1. The molecule has 1 atom stereocenters. The van der Waals surface area contributed by atoms with Crippen LogP contribution in [0.15, 0.2) is 16.9 Å². The van der Waals surface area contributed by atoms with Gasteiger partial charge < -0.3 is 10.0 Å². The minimum Gasteiger partial charge on any atom is -0.480 e. The third kappa shape index (κ3) is 2.15. The van der Waals surface area contributed by atoms with Crippen LogP contribution in [0.3, 0.4) is 0 Å². The molecule has 2 heterocycles. The number of halogens is 1. The summed E-state index contributed by atoms with van der Waals surface area (Å²) in [6.07, 6.45) is 3.75. The average molecular weight is 316 g/mol. The minimum atomic E-state index is -0.967. The molecule has 1 unspecified atom stereocenters. The predicted molar refractivity (Wildman–Crippen MR) is 66.6 cm³/mol. The van der Waals surface area contributed by atoms with Gasteiger partial charge in [-0.1, -0.05) is 0 Å². The molecule has 7 nitrogen and oxygen atoms in total. The number of carbonyl (C=O) groups is 1. The van der Waals surface area contributed by atoms with E-state index in [-0.39, 0.29) is 5.69 Å². The molecule has 1 N–H and O–H groups in total. The largest absolute Gasteiger partial charge is 0.480 e. The first-order chi connectivity index (χ1) is 8.52. The number of anilines is 1. The van der Waals surface area contributed by atoms with Crippen LogP contribution in [0.5, 0.6) is 0 Å². The van der Waals surface area contributed by atoms with Crippen LogP contribution in [-0.2, 0) is 4.79 Å². The molecule has 1 saturated heterocycles. The molecular formula is C10H10BrN3O4. The van der Waals surface area contributed by atoms with Gasteiger partial charge in [-0.3, -0.25) is 15.1 Å². The molecule has 0 amide bonds. The Labute approximate surface area is 111 Å². The van der Waals surface area contributed by atoms with Crippen LogP contribution < -0.4 is 4.90 Å². The number of hydrogen-bond donors (Lipinski definition) is 1. The van der Waals surface area contributed by atoms with E-state index in [0.29, 0.717) is 29.5 Å². The number of aromatic nitrogens is 1. The van der Waals surface area contributed by atoms with Crippen LogP contribution in [0.4, 0.5) is 11.4 Å². The molecule has 1 fully saturated rings. The third-order valence-corrected chi connectivity index (χ3v) is 3.46. The molecule has 0 aliphatic carbocycles. The summed E-state index contributed by atoms with van der Waals surface area (Å²) < 4.78 is 0.435. The van der Waals surface area contributed by atoms with Crippen molar-refractivity contribution in [3.63, 3.8) is 0 Å². The van der Waals surface area contributed by atoms with Crippen molar-refractivity contribution in [3.8, 4) is 0 Å². The van der Waals surface area contributed by atoms with Gasteiger partial charge in [0.1, 0.15) is 17.9 Å². The van der Waals surface area contributed by atoms with Gasteiger partial charge >= 0.3 is 11.7 Å². The summed E-state index contributed by atoms with van der Waals surface area (Å²) in [5.74, 6) is -0.967. The number of carboxylic acid groups (broad SMARTS) is 1. The van der Waals surface area contributed by atoms with E-state index >= 15 is 0 Å². The van der Waals surface area contributed by atoms with Crippen LogP contribution in [0, 0.1) is 10.1 Å². The highest BCUT2D eigenvalue weighted by molar-refractivity contribution is 9.10. The van der Waals surface area contributed by atoms with Crippen molar-refractivity contribution in [1.29, 1.82) is 0 Å². The molecule has 0 spiro atoms. The van der Waals surface area contributed by atoms with Gasteiger partial charge in [0.25, 0.3) is 0 Å². The minimum absolute atomic E-state index is 0.183. The second-order valence-electron chi connectivity index (χ2n) is 3.94. The van der Waals surface area contributed by atoms with E-state index < -0.39 is 16.9 Å². The number of hydrogen-bond acceptors (Lipinski definition) is 5. The Bertz CT molecular complexity index is 508. The van der Waals surface area contributed by atoms with E-state index in [1.807, 2.05) is 0 Å². The molecule has 96 valence electrons. The third-order valence-electron chi connectivity index (χ3n) is 2.88. The van der Waals surface area contributed by atoms with Crippen molar-refractivity contribution in [2.45, 2.75) is 18.9 Å². The molecule has 1 aliphatic rings. The van der Waals surface area contributed by atoms with Crippen LogP contribution in [-0.4, -0.2) is 33.6 Å². The van der Waals surface area contributed by atoms with Crippen LogP contribution in [0.2, 0.25) is 0 Å². The Morgan fingerprint density at radius 2 is 2.33 bits per heavy atom. The Kier molecular flexibility index (Phi) is 3.46. The topological polar surface area (TPSA) is 96.6 Å². The molecule has 2 rings (SSSR count). The summed E-state index contributed by atoms with van der Waals surface area (Å²) in [5.41, 5.74) is 0.109. The first-order valence-electron chi connectivity index (χ1n) is 5.29. The Morgan fingerprint density at radius 3 is 2.94 bits per heavy atom. The number of nitro groups is 1. The molecule has 0 aromatic carbocycles. The highest BCUT2D eigenvalue weighted by atomic mass is 79.9. The Balaban J connectivity index is 2.50. The lowest BCUT2D eigenvalue weighted by atomic mass is 10.2. The van der Waals surface area contributed by atoms with E-state index in [1.54, 1.807) is 4.90 Å². The number of nitrogens with zero attached hydrogens (tertiary/aromatic N) is 3. The van der Waals surface area contributed by atoms with Crippen molar-refractivity contribution in [2.75, 3.05) is 11.4 Å². The van der Waals surface area contributed by atoms with Crippen molar-refractivity contribution < 1.29 is 14.8 Å². The summed E-state index contributed by atoms with van der Waals surface area (Å²) in [7, 11) is 0. The average Bonchev–Trinajstić information content (AvgIpc) is 2.77. The first-order valence-corrected chi connectivity index (χ1v) is 6.09. The fourth-order valence-electron chi connectivity index (χ4n) is 2.13. The normalized spacial score (nSPS) is 18.9. The first kappa shape index (κ1) is 12.7. The fraction of sp³-hybridized carbons (Fsp3) is 0.400. The standard InChI is InChI=1S/C10H10BrN3O4/c11-6-4-12-5-8(14(17)18)9(6)13-3-1-2-7(13)10(15)16/h4-5,7H,1-3H2,(H,15,16). The quantitative estimate of drug-likeness (QED) is 0.675. The van der Waals surface area contributed by atoms with E-state index in [9.17, 15) is 14.9 Å². The van der Waals surface area contributed by atoms with Gasteiger partial charge in [0.2, 0.25) is 0 Å². The van der Waals surface area contributed by atoms with Crippen LogP contribution >= 0.6 is 15.9 Å². The zero-order chi connectivity index (χ0) is 13.3. The van der Waals surface area contributed by atoms with Crippen LogP contribution in [0.1, 0.15) is 12.8 Å². The molecule has 1 aliphatic heterocycles. The lowest BCUT2D eigenvalue weighted by Gasteiger charge is -2.24. The van der Waals surface area contributed by atoms with Gasteiger partial charge in [-0.25, -0.2) is 4.79 Å². The van der Waals surface area contributed by atoms with E-state index in [2.05, 4.69) is 20.9 Å². The molecule has 8 heteroatoms. The lowest BCUT2D eigenvalue weighted by molar-refractivity contribution is -0.384. The number of rotatable bonds is 3. The van der Waals surface area contributed by atoms with Crippen LogP contribution in [0.25, 0.3) is 0 Å². The zero-order valence-corrected chi connectivity index (χ0v) is 10.8. The maximum atomic E-state index is 11.1. The summed E-state index contributed by atoms with van der Waals surface area (Å²) in [6, 6.07) is -0.720. The van der Waals surface area contributed by atoms with Gasteiger partial charge in [-0.05, 0) is 28.8 Å². The number of carboxylic acids is 1. The smallest absolute Gasteiger partial charge is 0.326 e. The van der Waals surface area contributed by atoms with Crippen molar-refractivity contribution in [2.24, 2.45) is 0 Å². The van der Waals surface area contributed by atoms with Gasteiger partial charge in [0.15, 0.2) is 0 Å². The fourth-order valence-corrected chi connectivity index (χ4v) is 2.68. The van der Waals surface area contributed by atoms with E-state index in [4.69, 9.17) is 5.11 Å². The SMILES string of the molecule is O=C(O)C1CCCN1c1c(Br)cncc1[N+](=O)[O-]. The summed E-state index contributed by atoms with van der Waals surface area (Å²) in [5, 5.41) is 20.1. The maximum Gasteiger partial charge on any atom is 0.326 e. The summed E-state index contributed by atoms with van der Waals surface area (Å²) in [6.45, 7) is 0.487. The van der Waals surface area contributed by atoms with E-state index in [0.717, 1.165) is 6.20 Å². The molecule has 0 radical (unpaired) electrons. The highest BCUT2D eigenvalue weighted by Gasteiger charge is 2.35. The second kappa shape index (κ2) is 4.89. The number of aliphatic carboxylic acids is 1. The van der Waals surface area contributed by atoms with Gasteiger partial charge in [0, 0.05) is 12.7 Å².